The minimum absolute atomic E-state index is 0. The molecule has 3 nitrogen and oxygen atoms in total. The fraction of sp³-hybridized carbons (Fsp3) is 0.500. The number of ketones is 3. The number of Topliss-reactive ketones (excluding diaryl/α,β-unsaturated/α-hetero) is 3. The summed E-state index contributed by atoms with van der Waals surface area (Å²) in [4.78, 5) is 35.6. The Bertz CT molecular complexity index is 1000. The molecule has 4 heteroatoms. The second kappa shape index (κ2) is 17.6. The zero-order valence-corrected chi connectivity index (χ0v) is 24.2. The fourth-order valence-corrected chi connectivity index (χ4v) is 5.01. The molecule has 0 atom stereocenters. The summed E-state index contributed by atoms with van der Waals surface area (Å²) in [5.74, 6) is 0.666. The van der Waals surface area contributed by atoms with E-state index in [0.29, 0.717) is 37.9 Å². The predicted molar refractivity (Wildman–Crippen MR) is 158 cm³/mol. The molecule has 0 N–H and O–H groups in total. The number of carbonyl (C=O) groups excluding carboxylic acids is 3. The molecule has 0 aliphatic heterocycles. The molecule has 0 amide bonds. The topological polar surface area (TPSA) is 51.2 Å². The van der Waals surface area contributed by atoms with Crippen molar-refractivity contribution in [3.05, 3.63) is 83.7 Å². The Balaban J connectivity index is 0.000000812. The fourth-order valence-electron chi connectivity index (χ4n) is 5.01. The molecule has 2 aromatic rings. The van der Waals surface area contributed by atoms with Crippen molar-refractivity contribution in [2.24, 2.45) is 11.3 Å². The second-order valence-electron chi connectivity index (χ2n) is 9.97. The summed E-state index contributed by atoms with van der Waals surface area (Å²) < 4.78 is 13.0. The van der Waals surface area contributed by atoms with Crippen LogP contribution < -0.4 is 0 Å². The van der Waals surface area contributed by atoms with Crippen molar-refractivity contribution in [1.29, 1.82) is 0 Å². The molecule has 38 heavy (non-hydrogen) atoms. The van der Waals surface area contributed by atoms with E-state index >= 15 is 0 Å². The molecule has 0 aromatic heterocycles. The van der Waals surface area contributed by atoms with Crippen molar-refractivity contribution >= 4 is 17.3 Å². The monoisotopic (exact) mass is 524 g/mol. The third-order valence-corrected chi connectivity index (χ3v) is 7.31. The average molecular weight is 525 g/mol. The zero-order valence-electron chi connectivity index (χ0n) is 24.2. The van der Waals surface area contributed by atoms with Crippen LogP contribution in [0.15, 0.2) is 61.2 Å². The van der Waals surface area contributed by atoms with Crippen molar-refractivity contribution < 1.29 is 20.2 Å². The quantitative estimate of drug-likeness (QED) is 0.276. The van der Waals surface area contributed by atoms with Gasteiger partial charge in [-0.1, -0.05) is 70.2 Å². The van der Waals surface area contributed by atoms with Gasteiger partial charge in [-0.3, -0.25) is 14.4 Å². The van der Waals surface area contributed by atoms with Crippen LogP contribution in [0, 0.1) is 17.2 Å². The Hall–Kier alpha value is -2.88. The number of halogens is 1. The van der Waals surface area contributed by atoms with Crippen LogP contribution in [0.3, 0.4) is 0 Å². The van der Waals surface area contributed by atoms with Crippen molar-refractivity contribution in [3.63, 3.8) is 0 Å². The molecule has 0 spiro atoms. The minimum atomic E-state index is -0.355. The maximum Gasteiger partial charge on any atom is 0.139 e. The average Bonchev–Trinajstić information content (AvgIpc) is 2.94. The molecule has 0 saturated heterocycles. The highest BCUT2D eigenvalue weighted by molar-refractivity contribution is 5.86. The molecule has 1 aliphatic carbocycles. The highest BCUT2D eigenvalue weighted by Gasteiger charge is 2.41. The third kappa shape index (κ3) is 10.8. The molecular weight excluding hydrogens is 475 g/mol. The van der Waals surface area contributed by atoms with E-state index < -0.39 is 0 Å². The molecular formula is C34H49FO3. The van der Waals surface area contributed by atoms with E-state index in [0.717, 1.165) is 43.2 Å². The van der Waals surface area contributed by atoms with E-state index in [1.54, 1.807) is 19.1 Å². The van der Waals surface area contributed by atoms with Gasteiger partial charge < -0.3 is 0 Å². The summed E-state index contributed by atoms with van der Waals surface area (Å²) in [5.41, 5.74) is 3.06. The van der Waals surface area contributed by atoms with Gasteiger partial charge in [0.05, 0.1) is 0 Å². The number of rotatable bonds is 11. The van der Waals surface area contributed by atoms with Crippen molar-refractivity contribution in [2.45, 2.75) is 98.8 Å². The van der Waals surface area contributed by atoms with Gasteiger partial charge in [-0.25, -0.2) is 4.39 Å². The first-order valence-electron chi connectivity index (χ1n) is 14.2. The van der Waals surface area contributed by atoms with E-state index in [1.807, 2.05) is 39.0 Å². The Labute approximate surface area is 231 Å². The summed E-state index contributed by atoms with van der Waals surface area (Å²) >= 11 is 0. The van der Waals surface area contributed by atoms with Gasteiger partial charge in [-0.05, 0) is 80.7 Å². The molecule has 210 valence electrons. The molecule has 0 radical (unpaired) electrons. The first-order valence-corrected chi connectivity index (χ1v) is 14.2. The van der Waals surface area contributed by atoms with Crippen LogP contribution in [0.2, 0.25) is 0 Å². The first kappa shape index (κ1) is 33.1. The van der Waals surface area contributed by atoms with Gasteiger partial charge in [0.15, 0.2) is 0 Å². The summed E-state index contributed by atoms with van der Waals surface area (Å²) in [7, 11) is 0. The van der Waals surface area contributed by atoms with Crippen LogP contribution in [-0.2, 0) is 33.6 Å². The number of allylic oxidation sites excluding steroid dienone is 1. The number of hydrogen-bond acceptors (Lipinski definition) is 3. The number of benzene rings is 2. The largest absolute Gasteiger partial charge is 0.300 e. The lowest BCUT2D eigenvalue weighted by Crippen LogP contribution is -2.37. The van der Waals surface area contributed by atoms with Gasteiger partial charge in [-0.2, -0.15) is 0 Å². The van der Waals surface area contributed by atoms with Crippen LogP contribution in [0.4, 0.5) is 4.39 Å². The van der Waals surface area contributed by atoms with Crippen LogP contribution in [-0.4, -0.2) is 17.3 Å². The van der Waals surface area contributed by atoms with E-state index in [-0.39, 0.29) is 30.1 Å². The number of aryl methyl sites for hydroxylation is 2. The molecule has 3 rings (SSSR count). The summed E-state index contributed by atoms with van der Waals surface area (Å²) in [6, 6.07) is 14.6. The molecule has 0 heterocycles. The van der Waals surface area contributed by atoms with Crippen molar-refractivity contribution in [3.8, 4) is 0 Å². The number of carbonyl (C=O) groups is 3. The number of hydrogen-bond donors (Lipinski definition) is 0. The van der Waals surface area contributed by atoms with Gasteiger partial charge in [0, 0.05) is 32.0 Å². The molecule has 2 aromatic carbocycles. The van der Waals surface area contributed by atoms with E-state index in [2.05, 4.69) is 25.6 Å². The van der Waals surface area contributed by atoms with Gasteiger partial charge in [0.1, 0.15) is 23.2 Å². The SMILES string of the molecule is C=CCC1(C(=O)CCc2ccc(F)cc2)CCC(C(=O)CC)CC1.CC.CCc1ccc(CC(C)=O)cc1.[HH]. The second-order valence-corrected chi connectivity index (χ2v) is 9.97. The lowest BCUT2D eigenvalue weighted by molar-refractivity contribution is -0.134. The van der Waals surface area contributed by atoms with Gasteiger partial charge in [0.2, 0.25) is 0 Å². The Morgan fingerprint density at radius 3 is 1.95 bits per heavy atom. The van der Waals surface area contributed by atoms with E-state index in [4.69, 9.17) is 0 Å². The summed E-state index contributed by atoms with van der Waals surface area (Å²) in [5, 5.41) is 0. The van der Waals surface area contributed by atoms with Crippen molar-refractivity contribution in [2.75, 3.05) is 0 Å². The lowest BCUT2D eigenvalue weighted by Gasteiger charge is -2.38. The Morgan fingerprint density at radius 1 is 0.947 bits per heavy atom. The van der Waals surface area contributed by atoms with Gasteiger partial charge in [0.25, 0.3) is 0 Å². The zero-order chi connectivity index (χ0) is 28.6. The van der Waals surface area contributed by atoms with Gasteiger partial charge in [-0.15, -0.1) is 6.58 Å². The van der Waals surface area contributed by atoms with E-state index in [9.17, 15) is 18.8 Å². The first-order chi connectivity index (χ1) is 18.2. The van der Waals surface area contributed by atoms with Crippen LogP contribution >= 0.6 is 0 Å². The highest BCUT2D eigenvalue weighted by Crippen LogP contribution is 2.44. The predicted octanol–water partition coefficient (Wildman–Crippen LogP) is 8.71. The van der Waals surface area contributed by atoms with Crippen molar-refractivity contribution in [1.82, 2.24) is 0 Å². The Morgan fingerprint density at radius 2 is 1.47 bits per heavy atom. The Kier molecular flexibility index (Phi) is 15.3. The normalized spacial score (nSPS) is 18.2. The summed E-state index contributed by atoms with van der Waals surface area (Å²) in [6.07, 6.45) is 8.98. The van der Waals surface area contributed by atoms with E-state index in [1.165, 1.54) is 17.7 Å². The standard InChI is InChI=1S/C21H27FO2.C11H14O.C2H6.H2/c1-3-13-21(14-11-17(12-15-21)19(23)4-2)20(24)10-7-16-5-8-18(22)9-6-16;1-3-10-4-6-11(7-5-10)8-9(2)12;1-2;/h3,5-6,8-9,17H,1,4,7,10-15H2,2H3;4-7H,3,8H2,1-2H3;1-2H3;1H. The molecule has 1 saturated carbocycles. The lowest BCUT2D eigenvalue weighted by atomic mass is 9.64. The van der Waals surface area contributed by atoms with Crippen LogP contribution in [0.1, 0.15) is 97.7 Å². The maximum atomic E-state index is 13.0. The van der Waals surface area contributed by atoms with Gasteiger partial charge >= 0.3 is 0 Å². The minimum Gasteiger partial charge on any atom is -0.300 e. The maximum absolute atomic E-state index is 13.0. The highest BCUT2D eigenvalue weighted by atomic mass is 19.1. The van der Waals surface area contributed by atoms with Crippen LogP contribution in [0.25, 0.3) is 0 Å². The molecule has 1 fully saturated rings. The van der Waals surface area contributed by atoms with Crippen LogP contribution in [0.5, 0.6) is 0 Å². The summed E-state index contributed by atoms with van der Waals surface area (Å²) in [6.45, 7) is 13.5. The molecule has 0 unspecified atom stereocenters. The third-order valence-electron chi connectivity index (χ3n) is 7.31. The smallest absolute Gasteiger partial charge is 0.139 e. The molecule has 0 bridgehead atoms. The molecule has 1 aliphatic rings.